The Balaban J connectivity index is 1.26. The van der Waals surface area contributed by atoms with Gasteiger partial charge in [-0.15, -0.1) is 18.3 Å². The summed E-state index contributed by atoms with van der Waals surface area (Å²) in [5.74, 6) is 3.02. The zero-order chi connectivity index (χ0) is 22.6. The lowest BCUT2D eigenvalue weighted by molar-refractivity contribution is -0.274. The third-order valence-corrected chi connectivity index (χ3v) is 6.88. The molecule has 2 saturated carbocycles. The number of rotatable bonds is 5. The third kappa shape index (κ3) is 3.96. The quantitative estimate of drug-likeness (QED) is 0.459. The molecule has 2 aliphatic carbocycles. The third-order valence-electron chi connectivity index (χ3n) is 6.88. The summed E-state index contributed by atoms with van der Waals surface area (Å²) >= 11 is 0. The van der Waals surface area contributed by atoms with Crippen molar-refractivity contribution < 1.29 is 22.3 Å². The minimum absolute atomic E-state index is 0.252. The van der Waals surface area contributed by atoms with Crippen molar-refractivity contribution in [3.63, 3.8) is 0 Å². The van der Waals surface area contributed by atoms with Crippen molar-refractivity contribution in [1.82, 2.24) is 10.2 Å². The maximum absolute atomic E-state index is 12.4. The van der Waals surface area contributed by atoms with Gasteiger partial charge < -0.3 is 9.15 Å². The molecule has 0 saturated heterocycles. The Hall–Kier alpha value is -3.03. The highest BCUT2D eigenvalue weighted by Gasteiger charge is 2.50. The van der Waals surface area contributed by atoms with E-state index >= 15 is 0 Å². The van der Waals surface area contributed by atoms with Gasteiger partial charge in [0.25, 0.3) is 0 Å². The molecule has 0 N–H and O–H groups in total. The summed E-state index contributed by atoms with van der Waals surface area (Å²) in [5.41, 5.74) is 3.21. The van der Waals surface area contributed by atoms with Crippen molar-refractivity contribution in [3.8, 4) is 5.75 Å². The minimum Gasteiger partial charge on any atom is -0.407 e. The van der Waals surface area contributed by atoms with E-state index in [0.717, 1.165) is 17.7 Å². The zero-order valence-corrected chi connectivity index (χ0v) is 17.9. The van der Waals surface area contributed by atoms with Crippen molar-refractivity contribution in [2.24, 2.45) is 11.8 Å². The average molecular weight is 454 g/mol. The molecule has 0 unspecified atom stereocenters. The zero-order valence-electron chi connectivity index (χ0n) is 17.9. The van der Waals surface area contributed by atoms with Crippen LogP contribution in [-0.4, -0.2) is 22.6 Å². The maximum Gasteiger partial charge on any atom is 0.573 e. The van der Waals surface area contributed by atoms with Crippen LogP contribution in [0.4, 0.5) is 24.9 Å². The summed E-state index contributed by atoms with van der Waals surface area (Å²) in [6.45, 7) is 0. The first-order valence-electron chi connectivity index (χ1n) is 11.4. The summed E-state index contributed by atoms with van der Waals surface area (Å²) < 4.78 is 47.2. The highest BCUT2D eigenvalue weighted by Crippen LogP contribution is 2.57. The predicted octanol–water partition coefficient (Wildman–Crippen LogP) is 6.21. The summed E-state index contributed by atoms with van der Waals surface area (Å²) in [6, 6.07) is 15.0. The summed E-state index contributed by atoms with van der Waals surface area (Å²) in [5, 5.41) is 8.62. The van der Waals surface area contributed by atoms with Crippen LogP contribution in [0.3, 0.4) is 0 Å². The molecule has 1 radical (unpaired) electrons. The van der Waals surface area contributed by atoms with Gasteiger partial charge in [0.2, 0.25) is 5.89 Å². The predicted molar refractivity (Wildman–Crippen MR) is 115 cm³/mol. The molecule has 2 aromatic carbocycles. The van der Waals surface area contributed by atoms with Gasteiger partial charge >= 0.3 is 12.4 Å². The van der Waals surface area contributed by atoms with Crippen molar-refractivity contribution in [3.05, 3.63) is 71.5 Å². The molecule has 6 rings (SSSR count). The van der Waals surface area contributed by atoms with Crippen LogP contribution in [0.15, 0.2) is 52.9 Å². The van der Waals surface area contributed by atoms with Crippen LogP contribution in [-0.2, 0) is 6.42 Å². The van der Waals surface area contributed by atoms with Crippen LogP contribution in [0, 0.1) is 17.8 Å². The fourth-order valence-corrected chi connectivity index (χ4v) is 5.48. The number of ether oxygens (including phenoxy) is 1. The molecule has 3 aromatic rings. The topological polar surface area (TPSA) is 51.4 Å². The van der Waals surface area contributed by atoms with E-state index in [9.17, 15) is 13.2 Å². The number of nitrogens with zero attached hydrogens (tertiary/aromatic N) is 3. The van der Waals surface area contributed by atoms with Gasteiger partial charge in [-0.2, -0.15) is 0 Å². The molecular weight excluding hydrogens is 431 g/mol. The van der Waals surface area contributed by atoms with Gasteiger partial charge in [-0.3, -0.25) is 4.90 Å². The maximum atomic E-state index is 12.4. The number of aromatic nitrogens is 2. The van der Waals surface area contributed by atoms with E-state index in [4.69, 9.17) is 4.42 Å². The van der Waals surface area contributed by atoms with Crippen molar-refractivity contribution in [1.29, 1.82) is 0 Å². The highest BCUT2D eigenvalue weighted by molar-refractivity contribution is 5.70. The molecule has 2 fully saturated rings. The minimum atomic E-state index is -4.71. The van der Waals surface area contributed by atoms with E-state index < -0.39 is 6.36 Å². The molecular formula is C25H23F3N3O2. The van der Waals surface area contributed by atoms with Gasteiger partial charge in [0.05, 0.1) is 6.42 Å². The van der Waals surface area contributed by atoms with Gasteiger partial charge in [-0.25, -0.2) is 0 Å². The van der Waals surface area contributed by atoms with Gasteiger partial charge in [-0.1, -0.05) is 41.9 Å². The second-order valence-corrected chi connectivity index (χ2v) is 9.07. The fraction of sp³-hybridized carbons (Fsp3) is 0.400. The Morgan fingerprint density at radius 2 is 1.76 bits per heavy atom. The van der Waals surface area contributed by atoms with Crippen molar-refractivity contribution in [2.45, 2.75) is 50.9 Å². The van der Waals surface area contributed by atoms with Gasteiger partial charge in [0.15, 0.2) is 0 Å². The van der Waals surface area contributed by atoms with Gasteiger partial charge in [-0.05, 0) is 66.8 Å². The molecule has 8 heteroatoms. The molecule has 0 bridgehead atoms. The fourth-order valence-electron chi connectivity index (χ4n) is 5.48. The Kier molecular flexibility index (Phi) is 4.85. The molecule has 2 heterocycles. The standard InChI is InChI=1S/C25H23F3N3O2/c26-25(27,28)33-17-12-8-15(9-13-17)14-22-29-30-24(32-22)31-20-6-2-1-4-18(20)23(16-10-11-16)19-5-3-7-21(19)31/h1-2,4,6,8-9,12-13,16,19,21H,3,5,7,10-11,14H2/t19-,21+/m0/s1. The lowest BCUT2D eigenvalue weighted by Gasteiger charge is -2.42. The first kappa shape index (κ1) is 20.6. The van der Waals surface area contributed by atoms with E-state index in [0.29, 0.717) is 36.2 Å². The Labute approximate surface area is 189 Å². The molecule has 171 valence electrons. The number of para-hydroxylation sites is 1. The largest absolute Gasteiger partial charge is 0.573 e. The summed E-state index contributed by atoms with van der Waals surface area (Å²) in [6.07, 6.45) is 1.66. The van der Waals surface area contributed by atoms with E-state index in [1.807, 2.05) is 6.07 Å². The van der Waals surface area contributed by atoms with Crippen LogP contribution in [0.25, 0.3) is 0 Å². The monoisotopic (exact) mass is 454 g/mol. The smallest absolute Gasteiger partial charge is 0.407 e. The number of hydrogen-bond acceptors (Lipinski definition) is 5. The lowest BCUT2D eigenvalue weighted by Crippen LogP contribution is -2.42. The highest BCUT2D eigenvalue weighted by atomic mass is 19.4. The second kappa shape index (κ2) is 7.78. The number of halogens is 3. The normalized spacial score (nSPS) is 22.8. The van der Waals surface area contributed by atoms with E-state index in [1.165, 1.54) is 43.4 Å². The Morgan fingerprint density at radius 3 is 2.52 bits per heavy atom. The van der Waals surface area contributed by atoms with Gasteiger partial charge in [0, 0.05) is 17.6 Å². The molecule has 0 amide bonds. The lowest BCUT2D eigenvalue weighted by atomic mass is 9.75. The number of anilines is 2. The Morgan fingerprint density at radius 1 is 0.970 bits per heavy atom. The second-order valence-electron chi connectivity index (χ2n) is 9.07. The van der Waals surface area contributed by atoms with Gasteiger partial charge in [0.1, 0.15) is 5.75 Å². The molecule has 2 atom stereocenters. The van der Waals surface area contributed by atoms with Crippen LogP contribution < -0.4 is 9.64 Å². The summed E-state index contributed by atoms with van der Waals surface area (Å²) in [4.78, 5) is 2.22. The first-order chi connectivity index (χ1) is 16.0. The van der Waals surface area contributed by atoms with E-state index in [1.54, 1.807) is 18.1 Å². The molecule has 3 aliphatic rings. The number of benzene rings is 2. The van der Waals surface area contributed by atoms with Crippen LogP contribution >= 0.6 is 0 Å². The Bertz CT molecular complexity index is 1140. The molecule has 33 heavy (non-hydrogen) atoms. The van der Waals surface area contributed by atoms with Crippen LogP contribution in [0.1, 0.15) is 49.1 Å². The van der Waals surface area contributed by atoms with Crippen LogP contribution in [0.2, 0.25) is 0 Å². The molecule has 1 aromatic heterocycles. The molecule has 5 nitrogen and oxygen atoms in total. The number of hydrogen-bond donors (Lipinski definition) is 0. The average Bonchev–Trinajstić information content (AvgIpc) is 3.32. The molecule has 0 spiro atoms. The van der Waals surface area contributed by atoms with E-state index in [2.05, 4.69) is 38.0 Å². The summed E-state index contributed by atoms with van der Waals surface area (Å²) in [7, 11) is 0. The first-order valence-corrected chi connectivity index (χ1v) is 11.4. The molecule has 1 aliphatic heterocycles. The van der Waals surface area contributed by atoms with Crippen LogP contribution in [0.5, 0.6) is 5.75 Å². The number of fused-ring (bicyclic) bond motifs is 2. The van der Waals surface area contributed by atoms with Crippen molar-refractivity contribution >= 4 is 11.7 Å². The SMILES string of the molecule is FC(F)(F)Oc1ccc(Cc2nnc(N3c4ccccc4[C](C4CC4)[C@H]4CCC[C@H]43)o2)cc1. The number of alkyl halides is 3. The van der Waals surface area contributed by atoms with Crippen molar-refractivity contribution in [2.75, 3.05) is 4.90 Å². The van der Waals surface area contributed by atoms with E-state index in [-0.39, 0.29) is 5.75 Å².